The zero-order valence-electron chi connectivity index (χ0n) is 14.3. The number of aliphatic hydroxyl groups is 1. The molecule has 0 heterocycles. The van der Waals surface area contributed by atoms with E-state index in [0.717, 1.165) is 30.6 Å². The van der Waals surface area contributed by atoms with Crippen LogP contribution in [0.5, 0.6) is 0 Å². The largest absolute Gasteiger partial charge is 0.390 e. The molecular formula is C19H33BrO. The summed E-state index contributed by atoms with van der Waals surface area (Å²) in [6.45, 7) is 8.86. The van der Waals surface area contributed by atoms with E-state index in [-0.39, 0.29) is 0 Å². The number of rotatable bonds is 5. The van der Waals surface area contributed by atoms with Crippen molar-refractivity contribution >= 4 is 15.9 Å². The van der Waals surface area contributed by atoms with Crippen molar-refractivity contribution in [2.24, 2.45) is 23.2 Å². The molecule has 0 saturated heterocycles. The van der Waals surface area contributed by atoms with Crippen molar-refractivity contribution in [2.45, 2.75) is 84.7 Å². The van der Waals surface area contributed by atoms with E-state index in [1.807, 2.05) is 13.8 Å². The Morgan fingerprint density at radius 2 is 2.14 bits per heavy atom. The van der Waals surface area contributed by atoms with Gasteiger partial charge >= 0.3 is 0 Å². The zero-order valence-corrected chi connectivity index (χ0v) is 15.9. The first-order valence-corrected chi connectivity index (χ1v) is 9.71. The second-order valence-corrected chi connectivity index (χ2v) is 8.92. The highest BCUT2D eigenvalue weighted by Gasteiger charge is 2.50. The van der Waals surface area contributed by atoms with Gasteiger partial charge in [0.05, 0.1) is 5.60 Å². The first kappa shape index (κ1) is 17.5. The molecule has 0 amide bonds. The average Bonchev–Trinajstić information content (AvgIpc) is 2.73. The van der Waals surface area contributed by atoms with Crippen molar-refractivity contribution in [1.82, 2.24) is 0 Å². The summed E-state index contributed by atoms with van der Waals surface area (Å²) < 4.78 is 0. The number of hydrogen-bond acceptors (Lipinski definition) is 1. The van der Waals surface area contributed by atoms with Crippen LogP contribution in [0.2, 0.25) is 0 Å². The number of halogens is 1. The average molecular weight is 357 g/mol. The molecule has 0 spiro atoms. The van der Waals surface area contributed by atoms with Gasteiger partial charge in [-0.15, -0.1) is 0 Å². The molecular weight excluding hydrogens is 324 g/mol. The van der Waals surface area contributed by atoms with Crippen molar-refractivity contribution in [3.8, 4) is 0 Å². The van der Waals surface area contributed by atoms with Crippen LogP contribution in [-0.4, -0.2) is 10.7 Å². The number of fused-ring (bicyclic) bond motifs is 1. The summed E-state index contributed by atoms with van der Waals surface area (Å²) in [4.78, 5) is 2.22. The van der Waals surface area contributed by atoms with Crippen LogP contribution in [0.3, 0.4) is 0 Å². The highest BCUT2D eigenvalue weighted by atomic mass is 79.9. The monoisotopic (exact) mass is 356 g/mol. The lowest BCUT2D eigenvalue weighted by molar-refractivity contribution is 0.0597. The summed E-state index contributed by atoms with van der Waals surface area (Å²) in [6.07, 6.45) is 10.2. The molecule has 2 aliphatic carbocycles. The summed E-state index contributed by atoms with van der Waals surface area (Å²) in [5.74, 6) is 2.47. The third kappa shape index (κ3) is 3.93. The molecule has 1 nitrogen and oxygen atoms in total. The van der Waals surface area contributed by atoms with Gasteiger partial charge in [0.2, 0.25) is 0 Å². The summed E-state index contributed by atoms with van der Waals surface area (Å²) >= 11 is 3.60. The Labute approximate surface area is 139 Å². The maximum atomic E-state index is 9.89. The number of allylic oxidation sites excluding steroid dienone is 1. The van der Waals surface area contributed by atoms with Crippen molar-refractivity contribution in [2.75, 3.05) is 0 Å². The van der Waals surface area contributed by atoms with Gasteiger partial charge in [-0.3, -0.25) is 0 Å². The van der Waals surface area contributed by atoms with Crippen LogP contribution in [0.25, 0.3) is 0 Å². The van der Waals surface area contributed by atoms with Gasteiger partial charge in [0.1, 0.15) is 0 Å². The van der Waals surface area contributed by atoms with Gasteiger partial charge in [-0.2, -0.15) is 0 Å². The van der Waals surface area contributed by atoms with Gasteiger partial charge < -0.3 is 5.11 Å². The summed E-state index contributed by atoms with van der Waals surface area (Å²) in [5.41, 5.74) is 1.68. The number of hydrogen-bond donors (Lipinski definition) is 1. The summed E-state index contributed by atoms with van der Waals surface area (Å²) in [6, 6.07) is 0. The van der Waals surface area contributed by atoms with E-state index in [0.29, 0.717) is 5.41 Å². The van der Waals surface area contributed by atoms with E-state index >= 15 is 0 Å². The molecule has 4 atom stereocenters. The predicted molar refractivity (Wildman–Crippen MR) is 94.5 cm³/mol. The van der Waals surface area contributed by atoms with Gasteiger partial charge in [-0.25, -0.2) is 0 Å². The van der Waals surface area contributed by atoms with E-state index in [9.17, 15) is 5.11 Å². The molecule has 122 valence electrons. The maximum absolute atomic E-state index is 9.89. The SMILES string of the molecule is C[C@H](CCCC(C)(C)O)C1CCC2/C(=C/Br)CCCC21C. The van der Waals surface area contributed by atoms with E-state index in [4.69, 9.17) is 0 Å². The molecule has 2 heteroatoms. The molecule has 2 fully saturated rings. The minimum absolute atomic E-state index is 0.501. The Morgan fingerprint density at radius 1 is 1.43 bits per heavy atom. The lowest BCUT2D eigenvalue weighted by atomic mass is 9.61. The van der Waals surface area contributed by atoms with Gasteiger partial charge in [-0.05, 0) is 80.5 Å². The predicted octanol–water partition coefficient (Wildman–Crippen LogP) is 6.06. The Hall–Kier alpha value is 0.180. The highest BCUT2D eigenvalue weighted by molar-refractivity contribution is 9.11. The maximum Gasteiger partial charge on any atom is 0.0591 e. The van der Waals surface area contributed by atoms with Crippen molar-refractivity contribution in [3.05, 3.63) is 10.6 Å². The van der Waals surface area contributed by atoms with Crippen LogP contribution < -0.4 is 0 Å². The third-order valence-electron chi connectivity index (χ3n) is 6.31. The van der Waals surface area contributed by atoms with Crippen LogP contribution >= 0.6 is 15.9 Å². The molecule has 1 N–H and O–H groups in total. The van der Waals surface area contributed by atoms with E-state index < -0.39 is 5.60 Å². The topological polar surface area (TPSA) is 20.2 Å². The van der Waals surface area contributed by atoms with Crippen molar-refractivity contribution in [3.63, 3.8) is 0 Å². The Morgan fingerprint density at radius 3 is 2.76 bits per heavy atom. The van der Waals surface area contributed by atoms with Crippen LogP contribution in [0.4, 0.5) is 0 Å². The van der Waals surface area contributed by atoms with E-state index in [1.54, 1.807) is 5.57 Å². The van der Waals surface area contributed by atoms with Gasteiger partial charge in [0.15, 0.2) is 0 Å². The molecule has 0 aromatic rings. The zero-order chi connectivity index (χ0) is 15.7. The van der Waals surface area contributed by atoms with Crippen LogP contribution in [-0.2, 0) is 0 Å². The first-order chi connectivity index (χ1) is 9.78. The first-order valence-electron chi connectivity index (χ1n) is 8.79. The van der Waals surface area contributed by atoms with E-state index in [2.05, 4.69) is 34.8 Å². The summed E-state index contributed by atoms with van der Waals surface area (Å²) in [7, 11) is 0. The van der Waals surface area contributed by atoms with Crippen LogP contribution in [0, 0.1) is 23.2 Å². The Kier molecular flexibility index (Phi) is 5.63. The van der Waals surface area contributed by atoms with E-state index in [1.165, 1.54) is 38.5 Å². The lowest BCUT2D eigenvalue weighted by Crippen LogP contribution is -2.36. The fraction of sp³-hybridized carbons (Fsp3) is 0.895. The standard InChI is InChI=1S/C19H33BrO/c1-14(7-5-11-18(2,3)21)16-9-10-17-15(13-20)8-6-12-19(16,17)4/h13-14,16-17,21H,5-12H2,1-4H3/b15-13+/t14-,16?,17?,19?/m1/s1. The molecule has 2 aliphatic rings. The summed E-state index contributed by atoms with van der Waals surface area (Å²) in [5, 5.41) is 9.89. The minimum atomic E-state index is -0.501. The second kappa shape index (κ2) is 6.74. The Balaban J connectivity index is 1.97. The fourth-order valence-corrected chi connectivity index (χ4v) is 5.75. The van der Waals surface area contributed by atoms with Crippen LogP contribution in [0.1, 0.15) is 79.1 Å². The molecule has 0 aromatic carbocycles. The fourth-order valence-electron chi connectivity index (χ4n) is 5.20. The molecule has 2 rings (SSSR count). The quantitative estimate of drug-likeness (QED) is 0.634. The normalized spacial score (nSPS) is 36.8. The molecule has 21 heavy (non-hydrogen) atoms. The lowest BCUT2D eigenvalue weighted by Gasteiger charge is -2.44. The molecule has 3 unspecified atom stereocenters. The molecule has 0 aromatic heterocycles. The molecule has 0 bridgehead atoms. The van der Waals surface area contributed by atoms with Gasteiger partial charge in [0.25, 0.3) is 0 Å². The van der Waals surface area contributed by atoms with Crippen molar-refractivity contribution < 1.29 is 5.11 Å². The molecule has 0 radical (unpaired) electrons. The van der Waals surface area contributed by atoms with Gasteiger partial charge in [0, 0.05) is 0 Å². The molecule has 2 saturated carbocycles. The van der Waals surface area contributed by atoms with Gasteiger partial charge in [-0.1, -0.05) is 48.2 Å². The van der Waals surface area contributed by atoms with Crippen molar-refractivity contribution in [1.29, 1.82) is 0 Å². The second-order valence-electron chi connectivity index (χ2n) is 8.46. The Bertz CT molecular complexity index is 382. The molecule has 0 aliphatic heterocycles. The smallest absolute Gasteiger partial charge is 0.0591 e. The third-order valence-corrected chi connectivity index (χ3v) is 6.90. The van der Waals surface area contributed by atoms with Crippen LogP contribution in [0.15, 0.2) is 10.6 Å². The minimum Gasteiger partial charge on any atom is -0.390 e. The highest BCUT2D eigenvalue weighted by Crippen LogP contribution is 2.59.